The molecule has 0 saturated carbocycles. The standard InChI is InChI=1S/C31H20ClNO/c32-27-13-6-11-25-29(27)22-7-1-2-9-23(22)31(25)24-10-3-4-14-28(24)34-30-21(8-5-12-26(30)31)19-15-17-20(33)18-16-19/h1-18H,33H2. The van der Waals surface area contributed by atoms with Crippen LogP contribution in [0.3, 0.4) is 0 Å². The molecule has 7 rings (SSSR count). The first-order valence-corrected chi connectivity index (χ1v) is 11.7. The highest BCUT2D eigenvalue weighted by atomic mass is 35.5. The van der Waals surface area contributed by atoms with Gasteiger partial charge in [0.1, 0.15) is 11.5 Å². The van der Waals surface area contributed by atoms with Gasteiger partial charge in [-0.3, -0.25) is 0 Å². The lowest BCUT2D eigenvalue weighted by molar-refractivity contribution is 0.438. The van der Waals surface area contributed by atoms with Crippen molar-refractivity contribution in [2.24, 2.45) is 0 Å². The lowest BCUT2D eigenvalue weighted by Crippen LogP contribution is -2.32. The maximum Gasteiger partial charge on any atom is 0.140 e. The van der Waals surface area contributed by atoms with Crippen LogP contribution in [0, 0.1) is 0 Å². The molecule has 1 spiro atoms. The predicted molar refractivity (Wildman–Crippen MR) is 139 cm³/mol. The molecule has 2 aliphatic rings. The molecular formula is C31H20ClNO. The fourth-order valence-corrected chi connectivity index (χ4v) is 6.09. The second-order valence-electron chi connectivity index (χ2n) is 8.86. The Morgan fingerprint density at radius 2 is 1.24 bits per heavy atom. The van der Waals surface area contributed by atoms with Gasteiger partial charge in [-0.1, -0.05) is 96.5 Å². The van der Waals surface area contributed by atoms with Crippen LogP contribution < -0.4 is 10.5 Å². The highest BCUT2D eigenvalue weighted by Gasteiger charge is 2.51. The van der Waals surface area contributed by atoms with Crippen molar-refractivity contribution in [1.82, 2.24) is 0 Å². The summed E-state index contributed by atoms with van der Waals surface area (Å²) in [5.41, 5.74) is 15.2. The zero-order chi connectivity index (χ0) is 22.9. The summed E-state index contributed by atoms with van der Waals surface area (Å²) in [5.74, 6) is 1.73. The third kappa shape index (κ3) is 2.41. The van der Waals surface area contributed by atoms with Gasteiger partial charge in [-0.2, -0.15) is 0 Å². The molecule has 0 fully saturated rings. The van der Waals surface area contributed by atoms with Crippen molar-refractivity contribution in [3.8, 4) is 33.8 Å². The predicted octanol–water partition coefficient (Wildman–Crippen LogP) is 8.06. The van der Waals surface area contributed by atoms with Crippen molar-refractivity contribution in [3.05, 3.63) is 136 Å². The topological polar surface area (TPSA) is 35.2 Å². The van der Waals surface area contributed by atoms with E-state index in [2.05, 4.69) is 84.9 Å². The lowest BCUT2D eigenvalue weighted by atomic mass is 9.65. The number of nitrogens with two attached hydrogens (primary N) is 1. The van der Waals surface area contributed by atoms with Crippen molar-refractivity contribution >= 4 is 17.3 Å². The molecule has 0 saturated heterocycles. The van der Waals surface area contributed by atoms with Gasteiger partial charge in [0.2, 0.25) is 0 Å². The molecule has 5 aromatic carbocycles. The van der Waals surface area contributed by atoms with E-state index in [9.17, 15) is 0 Å². The second kappa shape index (κ2) is 6.99. The van der Waals surface area contributed by atoms with E-state index in [1.54, 1.807) is 0 Å². The minimum absolute atomic E-state index is 0.523. The van der Waals surface area contributed by atoms with Crippen LogP contribution in [0.25, 0.3) is 22.3 Å². The van der Waals surface area contributed by atoms with E-state index < -0.39 is 5.41 Å². The first-order valence-electron chi connectivity index (χ1n) is 11.4. The summed E-state index contributed by atoms with van der Waals surface area (Å²) in [6.45, 7) is 0. The minimum Gasteiger partial charge on any atom is -0.456 e. The number of hydrogen-bond donors (Lipinski definition) is 1. The van der Waals surface area contributed by atoms with Crippen LogP contribution in [0.5, 0.6) is 11.5 Å². The Morgan fingerprint density at radius 3 is 2.09 bits per heavy atom. The van der Waals surface area contributed by atoms with Gasteiger partial charge in [-0.15, -0.1) is 0 Å². The van der Waals surface area contributed by atoms with Crippen LogP contribution in [-0.2, 0) is 5.41 Å². The highest BCUT2D eigenvalue weighted by Crippen LogP contribution is 2.63. The SMILES string of the molecule is Nc1ccc(-c2cccc3c2Oc2ccccc2C32c3ccccc3-c3c(Cl)cccc32)cc1. The number of rotatable bonds is 1. The van der Waals surface area contributed by atoms with Gasteiger partial charge >= 0.3 is 0 Å². The summed E-state index contributed by atoms with van der Waals surface area (Å²) in [7, 11) is 0. The van der Waals surface area contributed by atoms with Gasteiger partial charge < -0.3 is 10.5 Å². The van der Waals surface area contributed by atoms with Gasteiger partial charge in [-0.25, -0.2) is 0 Å². The van der Waals surface area contributed by atoms with Gasteiger partial charge in [0.15, 0.2) is 0 Å². The third-order valence-electron chi connectivity index (χ3n) is 7.16. The van der Waals surface area contributed by atoms with Gasteiger partial charge in [-0.05, 0) is 46.5 Å². The molecule has 1 aliphatic carbocycles. The summed E-state index contributed by atoms with van der Waals surface area (Å²) < 4.78 is 6.68. The van der Waals surface area contributed by atoms with E-state index in [0.717, 1.165) is 50.0 Å². The summed E-state index contributed by atoms with van der Waals surface area (Å²) in [6, 6.07) is 37.6. The molecule has 0 bridgehead atoms. The number of anilines is 1. The molecule has 5 aromatic rings. The van der Waals surface area contributed by atoms with Gasteiger partial charge in [0, 0.05) is 33.0 Å². The van der Waals surface area contributed by atoms with Crippen molar-refractivity contribution in [2.75, 3.05) is 5.73 Å². The van der Waals surface area contributed by atoms with Crippen LogP contribution in [-0.4, -0.2) is 0 Å². The zero-order valence-corrected chi connectivity index (χ0v) is 19.0. The molecule has 2 nitrogen and oxygen atoms in total. The number of benzene rings is 5. The molecule has 0 aromatic heterocycles. The van der Waals surface area contributed by atoms with Crippen molar-refractivity contribution in [3.63, 3.8) is 0 Å². The fourth-order valence-electron chi connectivity index (χ4n) is 5.82. The van der Waals surface area contributed by atoms with Gasteiger partial charge in [0.25, 0.3) is 0 Å². The fraction of sp³-hybridized carbons (Fsp3) is 0.0323. The Labute approximate surface area is 203 Å². The Balaban J connectivity index is 1.65. The average molecular weight is 458 g/mol. The van der Waals surface area contributed by atoms with E-state index in [0.29, 0.717) is 0 Å². The first-order chi connectivity index (χ1) is 16.7. The Bertz CT molecular complexity index is 1600. The normalized spacial score (nSPS) is 16.9. The largest absolute Gasteiger partial charge is 0.456 e. The average Bonchev–Trinajstić information content (AvgIpc) is 3.17. The number of hydrogen-bond acceptors (Lipinski definition) is 2. The molecule has 2 N–H and O–H groups in total. The van der Waals surface area contributed by atoms with Crippen LogP contribution in [0.1, 0.15) is 22.3 Å². The zero-order valence-electron chi connectivity index (χ0n) is 18.3. The van der Waals surface area contributed by atoms with E-state index in [1.165, 1.54) is 16.7 Å². The molecule has 1 atom stereocenters. The van der Waals surface area contributed by atoms with Crippen molar-refractivity contribution in [2.45, 2.75) is 5.41 Å². The highest BCUT2D eigenvalue weighted by molar-refractivity contribution is 6.34. The maximum absolute atomic E-state index is 6.85. The maximum atomic E-state index is 6.85. The number of fused-ring (bicyclic) bond motifs is 9. The molecule has 162 valence electrons. The number of halogens is 1. The van der Waals surface area contributed by atoms with E-state index >= 15 is 0 Å². The van der Waals surface area contributed by atoms with Crippen LogP contribution in [0.4, 0.5) is 5.69 Å². The smallest absolute Gasteiger partial charge is 0.140 e. The molecule has 1 unspecified atom stereocenters. The minimum atomic E-state index is -0.523. The Kier molecular flexibility index (Phi) is 4.00. The summed E-state index contributed by atoms with van der Waals surface area (Å²) in [5, 5.41) is 0.766. The molecule has 0 amide bonds. The van der Waals surface area contributed by atoms with E-state index in [4.69, 9.17) is 22.1 Å². The van der Waals surface area contributed by atoms with E-state index in [-0.39, 0.29) is 0 Å². The monoisotopic (exact) mass is 457 g/mol. The van der Waals surface area contributed by atoms with Crippen LogP contribution in [0.2, 0.25) is 5.02 Å². The number of para-hydroxylation sites is 2. The molecule has 34 heavy (non-hydrogen) atoms. The number of nitrogen functional groups attached to an aromatic ring is 1. The Hall–Kier alpha value is -4.01. The molecule has 1 heterocycles. The molecular weight excluding hydrogens is 438 g/mol. The molecule has 1 aliphatic heterocycles. The van der Waals surface area contributed by atoms with Crippen molar-refractivity contribution in [1.29, 1.82) is 0 Å². The van der Waals surface area contributed by atoms with Gasteiger partial charge in [0.05, 0.1) is 5.41 Å². The summed E-state index contributed by atoms with van der Waals surface area (Å²) in [4.78, 5) is 0. The second-order valence-corrected chi connectivity index (χ2v) is 9.27. The molecule has 3 heteroatoms. The summed E-state index contributed by atoms with van der Waals surface area (Å²) >= 11 is 6.85. The van der Waals surface area contributed by atoms with Crippen molar-refractivity contribution < 1.29 is 4.74 Å². The van der Waals surface area contributed by atoms with Crippen LogP contribution >= 0.6 is 11.6 Å². The first kappa shape index (κ1) is 19.5. The molecule has 0 radical (unpaired) electrons. The summed E-state index contributed by atoms with van der Waals surface area (Å²) in [6.07, 6.45) is 0. The Morgan fingerprint density at radius 1 is 0.588 bits per heavy atom. The quantitative estimate of drug-likeness (QED) is 0.253. The third-order valence-corrected chi connectivity index (χ3v) is 7.48. The van der Waals surface area contributed by atoms with Crippen LogP contribution in [0.15, 0.2) is 109 Å². The lowest BCUT2D eigenvalue weighted by Gasteiger charge is -2.40. The number of ether oxygens (including phenoxy) is 1. The van der Waals surface area contributed by atoms with E-state index in [1.807, 2.05) is 24.3 Å².